The number of aliphatic carboxylic acids is 1. The van der Waals surface area contributed by atoms with Gasteiger partial charge in [-0.3, -0.25) is 9.59 Å². The Balaban J connectivity index is 1.15. The minimum atomic E-state index is -0.959. The Morgan fingerprint density at radius 2 is 2.03 bits per heavy atom. The number of para-hydroxylation sites is 1. The van der Waals surface area contributed by atoms with Gasteiger partial charge >= 0.3 is 5.97 Å². The number of carboxylic acids is 1. The second kappa shape index (κ2) is 12.2. The Morgan fingerprint density at radius 1 is 1.16 bits per heavy atom. The molecule has 2 atom stereocenters. The highest BCUT2D eigenvalue weighted by molar-refractivity contribution is 5.80. The van der Waals surface area contributed by atoms with Gasteiger partial charge in [0.25, 0.3) is 0 Å². The first-order valence-electron chi connectivity index (χ1n) is 13.6. The molecule has 3 N–H and O–H groups in total. The van der Waals surface area contributed by atoms with E-state index in [1.807, 2.05) is 30.3 Å². The van der Waals surface area contributed by atoms with Crippen LogP contribution in [-0.4, -0.2) is 62.8 Å². The third-order valence-electron chi connectivity index (χ3n) is 7.46. The zero-order chi connectivity index (χ0) is 26.3. The number of anilines is 1. The highest BCUT2D eigenvalue weighted by Gasteiger charge is 2.29. The average molecular weight is 517 g/mol. The number of carboxylic acid groups (broad SMARTS) is 1. The van der Waals surface area contributed by atoms with Crippen molar-refractivity contribution in [2.45, 2.75) is 51.0 Å². The number of hydrogen-bond donors (Lipinski definition) is 3. The van der Waals surface area contributed by atoms with Crippen LogP contribution in [0.15, 0.2) is 54.9 Å². The number of nitrogens with zero attached hydrogens (tertiary/aromatic N) is 4. The molecule has 2 aromatic heterocycles. The Morgan fingerprint density at radius 3 is 2.87 bits per heavy atom. The summed E-state index contributed by atoms with van der Waals surface area (Å²) in [7, 11) is 0. The zero-order valence-electron chi connectivity index (χ0n) is 21.7. The van der Waals surface area contributed by atoms with Crippen LogP contribution in [0.25, 0.3) is 5.69 Å². The van der Waals surface area contributed by atoms with Gasteiger partial charge in [-0.05, 0) is 75.4 Å². The number of rotatable bonds is 10. The SMILES string of the molecule is O=C(O)CC(NC(=O)C1CCCN(CCCc2ccc3c(n2)NCCC3)C1)c1cnn(-c2ccccc2)c1. The molecule has 1 amide bonds. The summed E-state index contributed by atoms with van der Waals surface area (Å²) in [6, 6.07) is 13.3. The molecular weight excluding hydrogens is 480 g/mol. The van der Waals surface area contributed by atoms with Crippen LogP contribution >= 0.6 is 0 Å². The Labute approximate surface area is 223 Å². The van der Waals surface area contributed by atoms with Crippen LogP contribution < -0.4 is 10.6 Å². The van der Waals surface area contributed by atoms with Gasteiger partial charge in [0.05, 0.1) is 30.3 Å². The van der Waals surface area contributed by atoms with Crippen LogP contribution in [0.1, 0.15) is 55.0 Å². The van der Waals surface area contributed by atoms with E-state index in [9.17, 15) is 14.7 Å². The predicted octanol–water partition coefficient (Wildman–Crippen LogP) is 3.60. The maximum atomic E-state index is 13.2. The molecule has 2 aliphatic heterocycles. The Kier molecular flexibility index (Phi) is 8.33. The topological polar surface area (TPSA) is 112 Å². The molecule has 3 aromatic rings. The van der Waals surface area contributed by atoms with E-state index in [0.717, 1.165) is 75.4 Å². The lowest BCUT2D eigenvalue weighted by molar-refractivity contribution is -0.138. The highest BCUT2D eigenvalue weighted by Crippen LogP contribution is 2.23. The van der Waals surface area contributed by atoms with Crippen molar-refractivity contribution in [3.05, 3.63) is 71.7 Å². The summed E-state index contributed by atoms with van der Waals surface area (Å²) in [5, 5.41) is 20.3. The summed E-state index contributed by atoms with van der Waals surface area (Å²) in [5.41, 5.74) is 3.98. The minimum absolute atomic E-state index is 0.0872. The van der Waals surface area contributed by atoms with Crippen molar-refractivity contribution in [2.24, 2.45) is 5.92 Å². The molecule has 1 fully saturated rings. The van der Waals surface area contributed by atoms with E-state index in [1.165, 1.54) is 5.56 Å². The van der Waals surface area contributed by atoms with Crippen LogP contribution in [0.3, 0.4) is 0 Å². The van der Waals surface area contributed by atoms with Gasteiger partial charge in [0.2, 0.25) is 5.91 Å². The highest BCUT2D eigenvalue weighted by atomic mass is 16.4. The van der Waals surface area contributed by atoms with E-state index in [-0.39, 0.29) is 18.2 Å². The van der Waals surface area contributed by atoms with Crippen molar-refractivity contribution < 1.29 is 14.7 Å². The average Bonchev–Trinajstić information content (AvgIpc) is 3.44. The van der Waals surface area contributed by atoms with Gasteiger partial charge in [-0.15, -0.1) is 0 Å². The fraction of sp³-hybridized carbons (Fsp3) is 0.448. The lowest BCUT2D eigenvalue weighted by Crippen LogP contribution is -2.44. The summed E-state index contributed by atoms with van der Waals surface area (Å²) in [6.07, 6.45) is 9.15. The molecule has 0 aliphatic carbocycles. The van der Waals surface area contributed by atoms with Crippen molar-refractivity contribution in [3.63, 3.8) is 0 Å². The van der Waals surface area contributed by atoms with E-state index in [0.29, 0.717) is 12.1 Å². The Hall–Kier alpha value is -3.72. The molecule has 0 saturated carbocycles. The summed E-state index contributed by atoms with van der Waals surface area (Å²) >= 11 is 0. The monoisotopic (exact) mass is 516 g/mol. The first-order valence-corrected chi connectivity index (χ1v) is 13.6. The first kappa shape index (κ1) is 25.9. The normalized spacial score (nSPS) is 18.3. The summed E-state index contributed by atoms with van der Waals surface area (Å²) in [4.78, 5) is 32.0. The molecule has 2 unspecified atom stereocenters. The van der Waals surface area contributed by atoms with Crippen LogP contribution in [0.4, 0.5) is 5.82 Å². The van der Waals surface area contributed by atoms with Crippen molar-refractivity contribution in [1.82, 2.24) is 25.0 Å². The van der Waals surface area contributed by atoms with Crippen LogP contribution in [0, 0.1) is 5.92 Å². The van der Waals surface area contributed by atoms with Crippen LogP contribution in [-0.2, 0) is 22.4 Å². The summed E-state index contributed by atoms with van der Waals surface area (Å²) in [6.45, 7) is 3.57. The molecule has 9 heteroatoms. The van der Waals surface area contributed by atoms with E-state index in [1.54, 1.807) is 17.1 Å². The standard InChI is InChI=1S/C29H36N6O3/c36-27(37)17-26(23-18-31-35(20-23)25-10-2-1-3-11-25)33-29(38)22-8-5-15-34(19-22)16-6-9-24-13-12-21-7-4-14-30-28(21)32-24/h1-3,10-13,18,20,22,26H,4-9,14-17,19H2,(H,30,32)(H,33,38)(H,36,37). The molecule has 9 nitrogen and oxygen atoms in total. The maximum absolute atomic E-state index is 13.2. The van der Waals surface area contributed by atoms with Gasteiger partial charge in [-0.2, -0.15) is 5.10 Å². The van der Waals surface area contributed by atoms with Crippen molar-refractivity contribution in [1.29, 1.82) is 0 Å². The largest absolute Gasteiger partial charge is 0.481 e. The van der Waals surface area contributed by atoms with Gasteiger partial charge in [-0.1, -0.05) is 24.3 Å². The molecule has 0 bridgehead atoms. The van der Waals surface area contributed by atoms with Crippen LogP contribution in [0.2, 0.25) is 0 Å². The van der Waals surface area contributed by atoms with E-state index < -0.39 is 12.0 Å². The second-order valence-electron chi connectivity index (χ2n) is 10.3. The van der Waals surface area contributed by atoms with Gasteiger partial charge < -0.3 is 20.6 Å². The second-order valence-corrected chi connectivity index (χ2v) is 10.3. The molecule has 5 rings (SSSR count). The van der Waals surface area contributed by atoms with Gasteiger partial charge in [0.15, 0.2) is 0 Å². The number of carbonyl (C=O) groups is 2. The number of aromatic nitrogens is 3. The van der Waals surface area contributed by atoms with E-state index in [4.69, 9.17) is 4.98 Å². The predicted molar refractivity (Wildman–Crippen MR) is 145 cm³/mol. The number of nitrogens with one attached hydrogen (secondary N) is 2. The molecule has 38 heavy (non-hydrogen) atoms. The lowest BCUT2D eigenvalue weighted by Gasteiger charge is -2.32. The molecular formula is C29H36N6O3. The lowest BCUT2D eigenvalue weighted by atomic mass is 9.95. The number of hydrogen-bond acceptors (Lipinski definition) is 6. The van der Waals surface area contributed by atoms with Crippen LogP contribution in [0.5, 0.6) is 0 Å². The number of carbonyl (C=O) groups excluding carboxylic acids is 1. The number of amides is 1. The smallest absolute Gasteiger partial charge is 0.305 e. The third kappa shape index (κ3) is 6.58. The minimum Gasteiger partial charge on any atom is -0.481 e. The number of fused-ring (bicyclic) bond motifs is 1. The van der Waals surface area contributed by atoms with Gasteiger partial charge in [0, 0.05) is 30.5 Å². The quantitative estimate of drug-likeness (QED) is 0.377. The molecule has 1 saturated heterocycles. The first-order chi connectivity index (χ1) is 18.5. The van der Waals surface area contributed by atoms with Gasteiger partial charge in [0.1, 0.15) is 5.82 Å². The van der Waals surface area contributed by atoms with E-state index in [2.05, 4.69) is 32.8 Å². The number of likely N-dealkylation sites (tertiary alicyclic amines) is 1. The van der Waals surface area contributed by atoms with E-state index >= 15 is 0 Å². The summed E-state index contributed by atoms with van der Waals surface area (Å²) in [5.74, 6) is -0.168. The molecule has 2 aliphatic rings. The van der Waals surface area contributed by atoms with Crippen molar-refractivity contribution in [2.75, 3.05) is 31.5 Å². The number of benzene rings is 1. The molecule has 1 aromatic carbocycles. The fourth-order valence-corrected chi connectivity index (χ4v) is 5.42. The third-order valence-corrected chi connectivity index (χ3v) is 7.46. The maximum Gasteiger partial charge on any atom is 0.305 e. The van der Waals surface area contributed by atoms with Gasteiger partial charge in [-0.25, -0.2) is 9.67 Å². The number of pyridine rings is 1. The molecule has 0 radical (unpaired) electrons. The molecule has 200 valence electrons. The fourth-order valence-electron chi connectivity index (χ4n) is 5.42. The molecule has 4 heterocycles. The summed E-state index contributed by atoms with van der Waals surface area (Å²) < 4.78 is 1.70. The molecule has 0 spiro atoms. The van der Waals surface area contributed by atoms with Crippen molar-refractivity contribution in [3.8, 4) is 5.69 Å². The Bertz CT molecular complexity index is 1240. The number of aryl methyl sites for hydroxylation is 2. The zero-order valence-corrected chi connectivity index (χ0v) is 21.7. The number of piperidine rings is 1. The van der Waals surface area contributed by atoms with Crippen molar-refractivity contribution >= 4 is 17.7 Å².